The molecule has 3 aromatic heterocycles. The van der Waals surface area contributed by atoms with Crippen molar-refractivity contribution in [3.8, 4) is 0 Å². The SMILES string of the molecule is O=c1ccoc2ccccc12.c1cc[nH]c1.c1nn[nH]n1. The van der Waals surface area contributed by atoms with Gasteiger partial charge in [-0.15, -0.1) is 10.2 Å². The highest BCUT2D eigenvalue weighted by atomic mass is 16.3. The van der Waals surface area contributed by atoms with Gasteiger partial charge in [0.1, 0.15) is 5.58 Å². The number of nitrogens with one attached hydrogen (secondary N) is 2. The number of hydrogen-bond acceptors (Lipinski definition) is 5. The van der Waals surface area contributed by atoms with Gasteiger partial charge in [0.15, 0.2) is 11.8 Å². The van der Waals surface area contributed by atoms with Crippen LogP contribution in [0.5, 0.6) is 0 Å². The second-order valence-electron chi connectivity index (χ2n) is 3.73. The standard InChI is InChI=1S/C9H6O2.C4H5N.CH2N4/c10-8-5-6-11-9-4-2-1-3-7(8)9;2*1-2-4-5-3-1/h1-6H;1-5H;1H,(H,2,3,4,5). The van der Waals surface area contributed by atoms with Gasteiger partial charge in [-0.25, -0.2) is 0 Å². The summed E-state index contributed by atoms with van der Waals surface area (Å²) in [6.45, 7) is 0. The highest BCUT2D eigenvalue weighted by molar-refractivity contribution is 5.75. The predicted octanol–water partition coefficient (Wildman–Crippen LogP) is 2.01. The normalized spacial score (nSPS) is 9.14. The van der Waals surface area contributed by atoms with E-state index in [-0.39, 0.29) is 5.43 Å². The summed E-state index contributed by atoms with van der Waals surface area (Å²) in [6.07, 6.45) is 6.49. The number of fused-ring (bicyclic) bond motifs is 1. The molecule has 0 saturated heterocycles. The number of H-pyrrole nitrogens is 2. The van der Waals surface area contributed by atoms with Crippen LogP contribution in [-0.4, -0.2) is 25.6 Å². The summed E-state index contributed by atoms with van der Waals surface area (Å²) in [7, 11) is 0. The van der Waals surface area contributed by atoms with Gasteiger partial charge in [0.25, 0.3) is 0 Å². The van der Waals surface area contributed by atoms with Crippen LogP contribution in [0.4, 0.5) is 0 Å². The van der Waals surface area contributed by atoms with Gasteiger partial charge in [0.2, 0.25) is 0 Å². The summed E-state index contributed by atoms with van der Waals surface area (Å²) >= 11 is 0. The molecule has 0 amide bonds. The fourth-order valence-electron chi connectivity index (χ4n) is 1.44. The monoisotopic (exact) mass is 283 g/mol. The van der Waals surface area contributed by atoms with Crippen LogP contribution in [0.3, 0.4) is 0 Å². The third-order valence-corrected chi connectivity index (χ3v) is 2.33. The zero-order valence-corrected chi connectivity index (χ0v) is 11.0. The zero-order chi connectivity index (χ0) is 14.8. The van der Waals surface area contributed by atoms with Crippen LogP contribution in [-0.2, 0) is 0 Å². The Hall–Kier alpha value is -3.22. The van der Waals surface area contributed by atoms with Crippen LogP contribution < -0.4 is 5.43 Å². The Balaban J connectivity index is 0.000000134. The maximum absolute atomic E-state index is 11.1. The number of para-hydroxylation sites is 1. The Morgan fingerprint density at radius 1 is 1.00 bits per heavy atom. The van der Waals surface area contributed by atoms with E-state index in [4.69, 9.17) is 4.42 Å². The minimum atomic E-state index is 0.00634. The lowest BCUT2D eigenvalue weighted by Gasteiger charge is -1.91. The lowest BCUT2D eigenvalue weighted by atomic mass is 10.2. The molecule has 0 aliphatic rings. The number of rotatable bonds is 0. The molecule has 3 heterocycles. The van der Waals surface area contributed by atoms with E-state index in [1.54, 1.807) is 12.1 Å². The number of hydrogen-bond donors (Lipinski definition) is 2. The quantitative estimate of drug-likeness (QED) is 0.514. The number of nitrogens with zero attached hydrogens (tertiary/aromatic N) is 3. The Morgan fingerprint density at radius 3 is 2.33 bits per heavy atom. The molecular formula is C14H13N5O2. The molecule has 0 atom stereocenters. The highest BCUT2D eigenvalue weighted by Gasteiger charge is 1.95. The second kappa shape index (κ2) is 8.05. The van der Waals surface area contributed by atoms with Crippen molar-refractivity contribution in [1.82, 2.24) is 25.6 Å². The van der Waals surface area contributed by atoms with Crippen molar-refractivity contribution in [3.63, 3.8) is 0 Å². The zero-order valence-electron chi connectivity index (χ0n) is 11.0. The Kier molecular flexibility index (Phi) is 5.44. The minimum Gasteiger partial charge on any atom is -0.464 e. The molecule has 21 heavy (non-hydrogen) atoms. The van der Waals surface area contributed by atoms with E-state index in [0.29, 0.717) is 11.0 Å². The average Bonchev–Trinajstić information content (AvgIpc) is 3.26. The third kappa shape index (κ3) is 4.75. The van der Waals surface area contributed by atoms with E-state index in [9.17, 15) is 4.79 Å². The van der Waals surface area contributed by atoms with Crippen LogP contribution in [0.2, 0.25) is 0 Å². The number of aromatic nitrogens is 5. The van der Waals surface area contributed by atoms with E-state index in [1.165, 1.54) is 18.7 Å². The van der Waals surface area contributed by atoms with Crippen LogP contribution in [0.15, 0.2) is 76.7 Å². The molecule has 4 rings (SSSR count). The van der Waals surface area contributed by atoms with Crippen molar-refractivity contribution >= 4 is 11.0 Å². The molecule has 1 aromatic carbocycles. The summed E-state index contributed by atoms with van der Waals surface area (Å²) in [4.78, 5) is 14.0. The van der Waals surface area contributed by atoms with Gasteiger partial charge < -0.3 is 9.40 Å². The summed E-state index contributed by atoms with van der Waals surface area (Å²) in [5, 5.41) is 12.8. The smallest absolute Gasteiger partial charge is 0.192 e. The largest absolute Gasteiger partial charge is 0.464 e. The molecule has 0 radical (unpaired) electrons. The number of benzene rings is 1. The van der Waals surface area contributed by atoms with Crippen molar-refractivity contribution in [2.75, 3.05) is 0 Å². The summed E-state index contributed by atoms with van der Waals surface area (Å²) in [6, 6.07) is 12.5. The maximum atomic E-state index is 11.1. The first-order chi connectivity index (χ1) is 10.4. The average molecular weight is 283 g/mol. The molecule has 4 aromatic rings. The van der Waals surface area contributed by atoms with Crippen molar-refractivity contribution in [1.29, 1.82) is 0 Å². The lowest BCUT2D eigenvalue weighted by molar-refractivity contribution is 0.602. The maximum Gasteiger partial charge on any atom is 0.192 e. The lowest BCUT2D eigenvalue weighted by Crippen LogP contribution is -1.96. The summed E-state index contributed by atoms with van der Waals surface area (Å²) in [5.41, 5.74) is 0.645. The Morgan fingerprint density at radius 2 is 1.81 bits per heavy atom. The fourth-order valence-corrected chi connectivity index (χ4v) is 1.44. The van der Waals surface area contributed by atoms with E-state index in [1.807, 2.05) is 36.7 Å². The molecule has 2 N–H and O–H groups in total. The highest BCUT2D eigenvalue weighted by Crippen LogP contribution is 2.06. The van der Waals surface area contributed by atoms with E-state index in [0.717, 1.165) is 0 Å². The molecule has 0 spiro atoms. The Labute approximate surface area is 119 Å². The number of tetrazole rings is 1. The molecule has 7 heteroatoms. The van der Waals surface area contributed by atoms with Crippen molar-refractivity contribution in [2.45, 2.75) is 0 Å². The molecule has 0 fully saturated rings. The van der Waals surface area contributed by atoms with Crippen LogP contribution in [0.1, 0.15) is 0 Å². The first kappa shape index (κ1) is 14.2. The molecule has 0 aliphatic carbocycles. The molecule has 0 aliphatic heterocycles. The molecule has 0 saturated carbocycles. The molecule has 0 bridgehead atoms. The number of aromatic amines is 2. The van der Waals surface area contributed by atoms with Crippen LogP contribution in [0, 0.1) is 0 Å². The van der Waals surface area contributed by atoms with Crippen LogP contribution in [0.25, 0.3) is 11.0 Å². The van der Waals surface area contributed by atoms with Crippen molar-refractivity contribution in [2.24, 2.45) is 0 Å². The van der Waals surface area contributed by atoms with E-state index < -0.39 is 0 Å². The topological polar surface area (TPSA) is 100 Å². The molecular weight excluding hydrogens is 270 g/mol. The summed E-state index contributed by atoms with van der Waals surface area (Å²) in [5.74, 6) is 0. The molecule has 106 valence electrons. The van der Waals surface area contributed by atoms with E-state index >= 15 is 0 Å². The fraction of sp³-hybridized carbons (Fsp3) is 0. The van der Waals surface area contributed by atoms with Gasteiger partial charge in [-0.3, -0.25) is 4.79 Å². The minimum absolute atomic E-state index is 0.00634. The summed E-state index contributed by atoms with van der Waals surface area (Å²) < 4.78 is 5.09. The van der Waals surface area contributed by atoms with Gasteiger partial charge >= 0.3 is 0 Å². The van der Waals surface area contributed by atoms with Crippen LogP contribution >= 0.6 is 0 Å². The molecule has 0 unspecified atom stereocenters. The third-order valence-electron chi connectivity index (χ3n) is 2.33. The van der Waals surface area contributed by atoms with Gasteiger partial charge in [-0.05, 0) is 24.3 Å². The first-order valence-corrected chi connectivity index (χ1v) is 6.08. The first-order valence-electron chi connectivity index (χ1n) is 6.08. The van der Waals surface area contributed by atoms with Gasteiger partial charge in [-0.1, -0.05) is 17.3 Å². The van der Waals surface area contributed by atoms with Crippen molar-refractivity contribution in [3.05, 3.63) is 77.7 Å². The van der Waals surface area contributed by atoms with Gasteiger partial charge in [0, 0.05) is 18.5 Å². The van der Waals surface area contributed by atoms with Gasteiger partial charge in [0.05, 0.1) is 11.6 Å². The van der Waals surface area contributed by atoms with E-state index in [2.05, 4.69) is 25.6 Å². The second-order valence-corrected chi connectivity index (χ2v) is 3.73. The molecule has 7 nitrogen and oxygen atoms in total. The van der Waals surface area contributed by atoms with Crippen molar-refractivity contribution < 1.29 is 4.42 Å². The predicted molar refractivity (Wildman–Crippen MR) is 77.5 cm³/mol. The van der Waals surface area contributed by atoms with Gasteiger partial charge in [-0.2, -0.15) is 5.21 Å². The Bertz CT molecular complexity index is 712.